The standard InChI is InChI=1S/C33H51NO3/c1-20(2)26-22(35)19-33(28(37)34-17-8-18-34)16-15-31(6)21(27(26)33)9-10-24-30(5)13-12-25(36)29(3,4)23(30)11-14-32(24,31)7/h20-21,23-25,36H,8-19H2,1-7H3/t21?,23?,24?,25-,30-,31+,32+,33+/m0/s1. The highest BCUT2D eigenvalue weighted by molar-refractivity contribution is 6.07. The first kappa shape index (κ1) is 26.1. The van der Waals surface area contributed by atoms with Crippen LogP contribution in [0.2, 0.25) is 0 Å². The molecule has 3 unspecified atom stereocenters. The Morgan fingerprint density at radius 3 is 2.22 bits per heavy atom. The summed E-state index contributed by atoms with van der Waals surface area (Å²) >= 11 is 0. The molecular formula is C33H51NO3. The number of nitrogens with zero attached hydrogens (tertiary/aromatic N) is 1. The highest BCUT2D eigenvalue weighted by atomic mass is 16.3. The molecule has 4 nitrogen and oxygen atoms in total. The summed E-state index contributed by atoms with van der Waals surface area (Å²) in [5.74, 6) is 2.22. The van der Waals surface area contributed by atoms with Crippen LogP contribution in [0.5, 0.6) is 0 Å². The number of hydrogen-bond donors (Lipinski definition) is 1. The zero-order valence-electron chi connectivity index (χ0n) is 24.6. The first-order valence-corrected chi connectivity index (χ1v) is 15.5. The Hall–Kier alpha value is -1.16. The highest BCUT2D eigenvalue weighted by Crippen LogP contribution is 2.76. The molecule has 206 valence electrons. The van der Waals surface area contributed by atoms with Crippen LogP contribution in [0.3, 0.4) is 0 Å². The van der Waals surface area contributed by atoms with Crippen LogP contribution in [-0.2, 0) is 9.59 Å². The fourth-order valence-corrected chi connectivity index (χ4v) is 11.7. The third-order valence-electron chi connectivity index (χ3n) is 14.0. The molecule has 5 aliphatic carbocycles. The van der Waals surface area contributed by atoms with Crippen LogP contribution in [-0.4, -0.2) is 40.9 Å². The molecule has 1 saturated heterocycles. The van der Waals surface area contributed by atoms with Crippen molar-refractivity contribution in [3.63, 3.8) is 0 Å². The van der Waals surface area contributed by atoms with Gasteiger partial charge in [-0.05, 0) is 114 Å². The number of carbonyl (C=O) groups excluding carboxylic acids is 2. The number of amides is 1. The summed E-state index contributed by atoms with van der Waals surface area (Å²) in [4.78, 5) is 29.8. The summed E-state index contributed by atoms with van der Waals surface area (Å²) in [5.41, 5.74) is 2.24. The summed E-state index contributed by atoms with van der Waals surface area (Å²) in [7, 11) is 0. The molecule has 0 bridgehead atoms. The van der Waals surface area contributed by atoms with E-state index in [0.717, 1.165) is 57.2 Å². The van der Waals surface area contributed by atoms with Crippen molar-refractivity contribution < 1.29 is 14.7 Å². The maximum absolute atomic E-state index is 14.1. The second-order valence-corrected chi connectivity index (χ2v) is 15.8. The molecule has 0 aromatic carbocycles. The van der Waals surface area contributed by atoms with Crippen LogP contribution in [0.4, 0.5) is 0 Å². The van der Waals surface area contributed by atoms with E-state index in [1.54, 1.807) is 0 Å². The molecule has 4 heteroatoms. The lowest BCUT2D eigenvalue weighted by Crippen LogP contribution is -2.66. The highest BCUT2D eigenvalue weighted by Gasteiger charge is 2.71. The molecule has 8 atom stereocenters. The van der Waals surface area contributed by atoms with Gasteiger partial charge in [0.15, 0.2) is 5.78 Å². The second-order valence-electron chi connectivity index (χ2n) is 15.8. The van der Waals surface area contributed by atoms with Crippen molar-refractivity contribution in [2.24, 2.45) is 50.7 Å². The van der Waals surface area contributed by atoms with Crippen LogP contribution in [0.15, 0.2) is 11.1 Å². The Morgan fingerprint density at radius 2 is 1.59 bits per heavy atom. The quantitative estimate of drug-likeness (QED) is 0.459. The zero-order valence-corrected chi connectivity index (χ0v) is 24.6. The number of aliphatic hydroxyl groups excluding tert-OH is 1. The number of Topliss-reactive ketones (excluding diaryl/α,β-unsaturated/α-hetero) is 1. The van der Waals surface area contributed by atoms with Gasteiger partial charge in [-0.15, -0.1) is 0 Å². The molecule has 37 heavy (non-hydrogen) atoms. The van der Waals surface area contributed by atoms with Gasteiger partial charge in [0.05, 0.1) is 11.5 Å². The van der Waals surface area contributed by atoms with E-state index >= 15 is 0 Å². The van der Waals surface area contributed by atoms with Crippen molar-refractivity contribution in [3.8, 4) is 0 Å². The fourth-order valence-electron chi connectivity index (χ4n) is 11.7. The number of allylic oxidation sites excluding steroid dienone is 1. The van der Waals surface area contributed by atoms with E-state index in [2.05, 4.69) is 48.5 Å². The number of rotatable bonds is 2. The molecule has 0 aromatic heterocycles. The van der Waals surface area contributed by atoms with E-state index in [-0.39, 0.29) is 45.4 Å². The first-order valence-electron chi connectivity index (χ1n) is 15.5. The van der Waals surface area contributed by atoms with E-state index in [1.807, 2.05) is 4.90 Å². The summed E-state index contributed by atoms with van der Waals surface area (Å²) in [5, 5.41) is 11.0. The number of likely N-dealkylation sites (tertiary alicyclic amines) is 1. The van der Waals surface area contributed by atoms with Gasteiger partial charge in [-0.3, -0.25) is 9.59 Å². The molecule has 1 heterocycles. The molecule has 0 aromatic rings. The van der Waals surface area contributed by atoms with Gasteiger partial charge in [0.25, 0.3) is 0 Å². The second kappa shape index (κ2) is 7.95. The number of ketones is 1. The van der Waals surface area contributed by atoms with Gasteiger partial charge in [0.2, 0.25) is 5.91 Å². The van der Waals surface area contributed by atoms with E-state index in [9.17, 15) is 14.7 Å². The Balaban J connectivity index is 1.44. The van der Waals surface area contributed by atoms with Crippen LogP contribution in [0, 0.1) is 50.7 Å². The minimum Gasteiger partial charge on any atom is -0.393 e. The lowest BCUT2D eigenvalue weighted by atomic mass is 9.33. The average molecular weight is 510 g/mol. The van der Waals surface area contributed by atoms with Crippen LogP contribution in [0.1, 0.15) is 113 Å². The zero-order chi connectivity index (χ0) is 26.8. The molecule has 6 aliphatic rings. The topological polar surface area (TPSA) is 57.6 Å². The van der Waals surface area contributed by atoms with E-state index in [4.69, 9.17) is 0 Å². The van der Waals surface area contributed by atoms with E-state index in [1.165, 1.54) is 24.8 Å². The van der Waals surface area contributed by atoms with Gasteiger partial charge in [-0.1, -0.05) is 48.5 Å². The Labute approximate surface area is 225 Å². The van der Waals surface area contributed by atoms with Crippen molar-refractivity contribution in [1.29, 1.82) is 0 Å². The van der Waals surface area contributed by atoms with Crippen molar-refractivity contribution >= 4 is 11.7 Å². The largest absolute Gasteiger partial charge is 0.393 e. The summed E-state index contributed by atoms with van der Waals surface area (Å²) < 4.78 is 0. The summed E-state index contributed by atoms with van der Waals surface area (Å²) in [6.07, 6.45) is 9.93. The van der Waals surface area contributed by atoms with Crippen LogP contribution < -0.4 is 0 Å². The van der Waals surface area contributed by atoms with Crippen molar-refractivity contribution in [2.75, 3.05) is 13.1 Å². The molecule has 1 aliphatic heterocycles. The van der Waals surface area contributed by atoms with Gasteiger partial charge in [0, 0.05) is 19.5 Å². The molecule has 0 spiro atoms. The maximum Gasteiger partial charge on any atom is 0.233 e. The van der Waals surface area contributed by atoms with E-state index < -0.39 is 5.41 Å². The normalized spacial score (nSPS) is 48.7. The minimum absolute atomic E-state index is 0.0390. The lowest BCUT2D eigenvalue weighted by Gasteiger charge is -2.72. The number of fused-ring (bicyclic) bond motifs is 7. The summed E-state index contributed by atoms with van der Waals surface area (Å²) in [6, 6.07) is 0. The van der Waals surface area contributed by atoms with Gasteiger partial charge < -0.3 is 10.0 Å². The van der Waals surface area contributed by atoms with Crippen LogP contribution >= 0.6 is 0 Å². The maximum atomic E-state index is 14.1. The SMILES string of the molecule is CC(C)C1=C2C3CCC4[C@@]5(C)CC[C@H](O)C(C)(C)C5CC[C@@]4(C)[C@]3(C)CC[C@@]2(C(=O)N2CCC2)CC1=O. The lowest BCUT2D eigenvalue weighted by molar-refractivity contribution is -0.228. The molecular weight excluding hydrogens is 458 g/mol. The number of carbonyl (C=O) groups is 2. The summed E-state index contributed by atoms with van der Waals surface area (Å²) in [6.45, 7) is 18.4. The molecule has 4 saturated carbocycles. The van der Waals surface area contributed by atoms with Crippen molar-refractivity contribution in [1.82, 2.24) is 4.90 Å². The van der Waals surface area contributed by atoms with Gasteiger partial charge >= 0.3 is 0 Å². The third kappa shape index (κ3) is 3.06. The third-order valence-corrected chi connectivity index (χ3v) is 14.0. The predicted octanol–water partition coefficient (Wildman–Crippen LogP) is 6.56. The predicted molar refractivity (Wildman–Crippen MR) is 147 cm³/mol. The molecule has 1 N–H and O–H groups in total. The Kier molecular flexibility index (Phi) is 5.60. The monoisotopic (exact) mass is 509 g/mol. The van der Waals surface area contributed by atoms with Gasteiger partial charge in [-0.25, -0.2) is 0 Å². The van der Waals surface area contributed by atoms with Crippen LogP contribution in [0.25, 0.3) is 0 Å². The van der Waals surface area contributed by atoms with Crippen molar-refractivity contribution in [3.05, 3.63) is 11.1 Å². The smallest absolute Gasteiger partial charge is 0.233 e. The molecule has 0 radical (unpaired) electrons. The average Bonchev–Trinajstić information content (AvgIpc) is 3.09. The van der Waals surface area contributed by atoms with Gasteiger partial charge in [-0.2, -0.15) is 0 Å². The Morgan fingerprint density at radius 1 is 0.892 bits per heavy atom. The fraction of sp³-hybridized carbons (Fsp3) is 0.879. The Bertz CT molecular complexity index is 1050. The molecule has 6 rings (SSSR count). The van der Waals surface area contributed by atoms with E-state index in [0.29, 0.717) is 24.2 Å². The minimum atomic E-state index is -0.567. The first-order chi connectivity index (χ1) is 17.2. The number of aliphatic hydroxyl groups is 1. The number of hydrogen-bond acceptors (Lipinski definition) is 3. The van der Waals surface area contributed by atoms with Gasteiger partial charge in [0.1, 0.15) is 0 Å². The molecule has 5 fully saturated rings. The molecule has 1 amide bonds. The van der Waals surface area contributed by atoms with Crippen molar-refractivity contribution in [2.45, 2.75) is 119 Å².